The summed E-state index contributed by atoms with van der Waals surface area (Å²) in [5.74, 6) is -2.97. The molecule has 3 aliphatic rings. The van der Waals surface area contributed by atoms with Crippen molar-refractivity contribution in [2.24, 2.45) is 5.92 Å². The zero-order valence-corrected chi connectivity index (χ0v) is 34.7. The molecule has 0 aliphatic carbocycles. The largest absolute Gasteiger partial charge is 0.445 e. The molecule has 3 aromatic rings. The van der Waals surface area contributed by atoms with Crippen LogP contribution in [0.3, 0.4) is 0 Å². The fraction of sp³-hybridized carbons (Fsp3) is 0.500. The molecule has 3 aliphatic heterocycles. The first kappa shape index (κ1) is 46.0. The lowest BCUT2D eigenvalue weighted by molar-refractivity contribution is -0.185. The number of aliphatic hydroxyl groups is 3. The number of ether oxygens (including phenoxy) is 2. The van der Waals surface area contributed by atoms with E-state index < -0.39 is 90.4 Å². The Labute approximate surface area is 360 Å². The number of carbonyl (C=O) groups is 7. The lowest BCUT2D eigenvalue weighted by Crippen LogP contribution is -2.67. The third-order valence-corrected chi connectivity index (χ3v) is 10.9. The normalized spacial score (nSPS) is 23.6. The van der Waals surface area contributed by atoms with Crippen LogP contribution < -0.4 is 26.6 Å². The highest BCUT2D eigenvalue weighted by Crippen LogP contribution is 2.26. The van der Waals surface area contributed by atoms with Gasteiger partial charge in [-0.2, -0.15) is 0 Å². The summed E-state index contributed by atoms with van der Waals surface area (Å²) in [5.41, 5.74) is 0.557. The maximum atomic E-state index is 13.5. The Hall–Kier alpha value is -6.56. The summed E-state index contributed by atoms with van der Waals surface area (Å²) in [7, 11) is 0. The molecule has 8 atom stereocenters. The third-order valence-electron chi connectivity index (χ3n) is 10.9. The molecule has 6 rings (SSSR count). The van der Waals surface area contributed by atoms with Gasteiger partial charge in [-0.15, -0.1) is 0 Å². The van der Waals surface area contributed by atoms with Crippen LogP contribution in [0.1, 0.15) is 45.6 Å². The van der Waals surface area contributed by atoms with Gasteiger partial charge in [0, 0.05) is 43.9 Å². The van der Waals surface area contributed by atoms with Gasteiger partial charge in [0.1, 0.15) is 60.7 Å². The SMILES string of the molecule is CC(C)[C@H](NC(=O)CCN1C(=O)C=CC1=O)C(=O)N[C@@](C)(C=O)CNc1ccc(COC(=O)N2CCC[C@@H]2C(=O)N[C@@H]2[C@@H](O)[C@H](O)[C@@H](Nc3ncnc4nc[nH]c34)O[C@H]2CO)cc1. The van der Waals surface area contributed by atoms with Crippen molar-refractivity contribution in [1.29, 1.82) is 0 Å². The van der Waals surface area contributed by atoms with Crippen molar-refractivity contribution in [3.8, 4) is 0 Å². The smallest absolute Gasteiger partial charge is 0.410 e. The van der Waals surface area contributed by atoms with Gasteiger partial charge in [-0.3, -0.25) is 33.8 Å². The van der Waals surface area contributed by atoms with Crippen LogP contribution >= 0.6 is 0 Å². The molecule has 23 nitrogen and oxygen atoms in total. The lowest BCUT2D eigenvalue weighted by atomic mass is 9.95. The van der Waals surface area contributed by atoms with Crippen LogP contribution in [0.2, 0.25) is 0 Å². The number of aldehydes is 1. The number of amides is 6. The summed E-state index contributed by atoms with van der Waals surface area (Å²) in [6.45, 7) is 4.22. The van der Waals surface area contributed by atoms with E-state index >= 15 is 0 Å². The number of nitrogens with one attached hydrogen (secondary N) is 6. The molecule has 0 spiro atoms. The molecule has 338 valence electrons. The van der Waals surface area contributed by atoms with Gasteiger partial charge in [0.05, 0.1) is 19.0 Å². The topological polar surface area (TPSA) is 320 Å². The highest BCUT2D eigenvalue weighted by Gasteiger charge is 2.47. The molecule has 0 bridgehead atoms. The van der Waals surface area contributed by atoms with Gasteiger partial charge in [0.15, 0.2) is 17.7 Å². The third kappa shape index (κ3) is 10.9. The van der Waals surface area contributed by atoms with Crippen LogP contribution in [-0.2, 0) is 44.8 Å². The number of benzene rings is 1. The minimum absolute atomic E-state index is 0.0301. The van der Waals surface area contributed by atoms with Crippen molar-refractivity contribution >= 4 is 64.6 Å². The number of aliphatic hydroxyl groups excluding tert-OH is 3. The summed E-state index contributed by atoms with van der Waals surface area (Å²) >= 11 is 0. The van der Waals surface area contributed by atoms with Gasteiger partial charge >= 0.3 is 6.09 Å². The van der Waals surface area contributed by atoms with E-state index in [1.165, 1.54) is 24.5 Å². The summed E-state index contributed by atoms with van der Waals surface area (Å²) < 4.78 is 11.4. The number of hydrogen-bond donors (Lipinski definition) is 9. The molecule has 0 saturated carbocycles. The van der Waals surface area contributed by atoms with Gasteiger partial charge in [-0.1, -0.05) is 26.0 Å². The zero-order chi connectivity index (χ0) is 45.4. The average Bonchev–Trinajstić information content (AvgIpc) is 4.04. The fourth-order valence-corrected chi connectivity index (χ4v) is 7.30. The van der Waals surface area contributed by atoms with E-state index in [-0.39, 0.29) is 44.4 Å². The second-order valence-corrected chi connectivity index (χ2v) is 15.9. The summed E-state index contributed by atoms with van der Waals surface area (Å²) in [5, 5.41) is 46.1. The maximum Gasteiger partial charge on any atom is 0.410 e. The lowest BCUT2D eigenvalue weighted by Gasteiger charge is -2.43. The number of aromatic nitrogens is 4. The summed E-state index contributed by atoms with van der Waals surface area (Å²) in [6.07, 6.45) is -0.250. The molecule has 9 N–H and O–H groups in total. The maximum absolute atomic E-state index is 13.5. The second-order valence-electron chi connectivity index (χ2n) is 15.9. The van der Waals surface area contributed by atoms with Crippen LogP contribution in [0.25, 0.3) is 11.2 Å². The van der Waals surface area contributed by atoms with Crippen molar-refractivity contribution in [2.45, 2.75) is 94.8 Å². The molecule has 0 unspecified atom stereocenters. The number of anilines is 2. The van der Waals surface area contributed by atoms with Crippen molar-refractivity contribution in [3.05, 3.63) is 54.6 Å². The van der Waals surface area contributed by atoms with Crippen LogP contribution in [0.15, 0.2) is 49.1 Å². The number of carbonyl (C=O) groups excluding carboxylic acids is 7. The van der Waals surface area contributed by atoms with Crippen LogP contribution in [0.4, 0.5) is 16.3 Å². The van der Waals surface area contributed by atoms with E-state index in [9.17, 15) is 48.9 Å². The van der Waals surface area contributed by atoms with Crippen LogP contribution in [0, 0.1) is 5.92 Å². The Balaban J connectivity index is 0.960. The number of aromatic amines is 1. The predicted molar refractivity (Wildman–Crippen MR) is 220 cm³/mol. The monoisotopic (exact) mass is 877 g/mol. The van der Waals surface area contributed by atoms with Crippen LogP contribution in [-0.4, -0.2) is 161 Å². The molecular formula is C40H51N11O12. The number of H-pyrrole nitrogens is 1. The standard InChI is InChI=1S/C40H51N11O12/c1-21(2)29(46-26(54)12-14-51-27(55)10-11-28(51)56)37(60)49-40(3,18-53)17-41-23-8-6-22(7-9-23)16-62-39(61)50-13-4-5-24(50)36(59)47-30-25(15-52)63-38(33(58)32(30)57)48-35-31-34(43-19-42-31)44-20-45-35/h6-11,18-21,24-25,29-30,32-33,38,41,52,57-58H,4-5,12-17H2,1-3H3,(H,46,54)(H,47,59)(H,49,60)(H2,42,43,44,45,48)/t24-,25+,29+,30+,32-,33+,38+,40-/m1/s1. The van der Waals surface area contributed by atoms with Gasteiger partial charge < -0.3 is 61.2 Å². The van der Waals surface area contributed by atoms with E-state index in [1.54, 1.807) is 38.1 Å². The first-order valence-corrected chi connectivity index (χ1v) is 20.3. The summed E-state index contributed by atoms with van der Waals surface area (Å²) in [4.78, 5) is 106. The number of nitrogens with zero attached hydrogens (tertiary/aromatic N) is 5. The second kappa shape index (κ2) is 20.1. The van der Waals surface area contributed by atoms with Crippen molar-refractivity contribution < 1.29 is 58.4 Å². The number of imide groups is 1. The number of imidazole rings is 1. The molecule has 0 radical (unpaired) electrons. The Bertz CT molecular complexity index is 2180. The molecule has 63 heavy (non-hydrogen) atoms. The first-order valence-electron chi connectivity index (χ1n) is 20.3. The number of likely N-dealkylation sites (tertiary alicyclic amines) is 1. The fourth-order valence-electron chi connectivity index (χ4n) is 7.30. The number of rotatable bonds is 18. The molecule has 2 aromatic heterocycles. The van der Waals surface area contributed by atoms with Gasteiger partial charge in [0.2, 0.25) is 17.7 Å². The van der Waals surface area contributed by atoms with Gasteiger partial charge in [-0.05, 0) is 43.4 Å². The summed E-state index contributed by atoms with van der Waals surface area (Å²) in [6, 6.07) is 3.51. The molecular weight excluding hydrogens is 827 g/mol. The quantitative estimate of drug-likeness (QED) is 0.0515. The highest BCUT2D eigenvalue weighted by atomic mass is 16.6. The van der Waals surface area contributed by atoms with Crippen molar-refractivity contribution in [3.63, 3.8) is 0 Å². The van der Waals surface area contributed by atoms with Crippen molar-refractivity contribution in [1.82, 2.24) is 45.7 Å². The van der Waals surface area contributed by atoms with Gasteiger partial charge in [-0.25, -0.2) is 19.7 Å². The number of fused-ring (bicyclic) bond motifs is 1. The highest BCUT2D eigenvalue weighted by molar-refractivity contribution is 6.13. The first-order chi connectivity index (χ1) is 30.1. The Morgan fingerprint density at radius 3 is 2.48 bits per heavy atom. The minimum atomic E-state index is -1.59. The molecule has 1 aromatic carbocycles. The molecule has 2 saturated heterocycles. The van der Waals surface area contributed by atoms with E-state index in [2.05, 4.69) is 46.5 Å². The van der Waals surface area contributed by atoms with E-state index in [0.29, 0.717) is 41.5 Å². The van der Waals surface area contributed by atoms with E-state index in [1.807, 2.05) is 0 Å². The Kier molecular flexibility index (Phi) is 14.7. The Morgan fingerprint density at radius 1 is 1.06 bits per heavy atom. The van der Waals surface area contributed by atoms with E-state index in [0.717, 1.165) is 17.1 Å². The van der Waals surface area contributed by atoms with E-state index in [4.69, 9.17) is 9.47 Å². The minimum Gasteiger partial charge on any atom is -0.445 e. The average molecular weight is 878 g/mol. The molecule has 6 amide bonds. The zero-order valence-electron chi connectivity index (χ0n) is 34.7. The molecule has 2 fully saturated rings. The predicted octanol–water partition coefficient (Wildman–Crippen LogP) is -1.57. The van der Waals surface area contributed by atoms with Crippen LogP contribution in [0.5, 0.6) is 0 Å². The molecule has 23 heteroatoms. The number of hydrogen-bond acceptors (Lipinski definition) is 17. The Morgan fingerprint density at radius 2 is 1.79 bits per heavy atom. The van der Waals surface area contributed by atoms with Crippen molar-refractivity contribution in [2.75, 3.05) is 36.9 Å². The molecule has 5 heterocycles. The van der Waals surface area contributed by atoms with Gasteiger partial charge in [0.25, 0.3) is 11.8 Å².